The van der Waals surface area contributed by atoms with E-state index in [1.807, 2.05) is 12.1 Å². The van der Waals surface area contributed by atoms with Crippen LogP contribution in [0.2, 0.25) is 0 Å². The third-order valence-electron chi connectivity index (χ3n) is 3.75. The minimum absolute atomic E-state index is 0.211. The number of ether oxygens (including phenoxy) is 1. The molecular formula is C17H20N2O3. The van der Waals surface area contributed by atoms with Crippen LogP contribution >= 0.6 is 0 Å². The van der Waals surface area contributed by atoms with E-state index in [9.17, 15) is 9.59 Å². The van der Waals surface area contributed by atoms with Crippen LogP contribution in [0.3, 0.4) is 0 Å². The van der Waals surface area contributed by atoms with E-state index < -0.39 is 12.1 Å². The molecule has 0 saturated heterocycles. The van der Waals surface area contributed by atoms with Gasteiger partial charge in [0.05, 0.1) is 6.20 Å². The average molecular weight is 300 g/mol. The molecule has 0 aliphatic rings. The summed E-state index contributed by atoms with van der Waals surface area (Å²) in [5.74, 6) is -0.742. The molecule has 0 bridgehead atoms. The molecule has 5 heteroatoms. The molecule has 0 radical (unpaired) electrons. The quantitative estimate of drug-likeness (QED) is 0.629. The summed E-state index contributed by atoms with van der Waals surface area (Å²) in [5, 5.41) is 4.00. The summed E-state index contributed by atoms with van der Waals surface area (Å²) < 4.78 is 6.85. The molecule has 1 atom stereocenters. The molecule has 0 amide bonds. The smallest absolute Gasteiger partial charge is 0.342 e. The first-order valence-electron chi connectivity index (χ1n) is 7.26. The topological polar surface area (TPSA) is 61.2 Å². The number of carbonyl (C=O) groups is 2. The lowest BCUT2D eigenvalue weighted by Crippen LogP contribution is -2.24. The zero-order valence-corrected chi connectivity index (χ0v) is 13.3. The molecular weight excluding hydrogens is 280 g/mol. The summed E-state index contributed by atoms with van der Waals surface area (Å²) in [4.78, 5) is 24.4. The maximum absolute atomic E-state index is 12.3. The van der Waals surface area contributed by atoms with Gasteiger partial charge in [-0.3, -0.25) is 9.48 Å². The first kappa shape index (κ1) is 15.9. The molecule has 1 aromatic carbocycles. The molecule has 1 aromatic heterocycles. The monoisotopic (exact) mass is 300 g/mol. The van der Waals surface area contributed by atoms with Crippen molar-refractivity contribution in [1.82, 2.24) is 9.78 Å². The van der Waals surface area contributed by atoms with E-state index in [-0.39, 0.29) is 5.78 Å². The normalized spacial score (nSPS) is 12.0. The molecule has 0 aliphatic heterocycles. The second-order valence-electron chi connectivity index (χ2n) is 5.23. The van der Waals surface area contributed by atoms with Gasteiger partial charge >= 0.3 is 5.97 Å². The number of rotatable bonds is 5. The summed E-state index contributed by atoms with van der Waals surface area (Å²) in [6, 6.07) is 7.35. The van der Waals surface area contributed by atoms with E-state index in [4.69, 9.17) is 4.74 Å². The Bertz CT molecular complexity index is 686. The summed E-state index contributed by atoms with van der Waals surface area (Å²) in [7, 11) is 1.75. The molecule has 1 unspecified atom stereocenters. The van der Waals surface area contributed by atoms with Gasteiger partial charge < -0.3 is 4.74 Å². The molecule has 116 valence electrons. The number of ketones is 1. The van der Waals surface area contributed by atoms with Gasteiger partial charge in [-0.25, -0.2) is 4.79 Å². The van der Waals surface area contributed by atoms with Gasteiger partial charge in [0, 0.05) is 18.3 Å². The fourth-order valence-corrected chi connectivity index (χ4v) is 2.12. The SMILES string of the molecule is CCc1ccc(C(=O)C(C)OC(=O)c2cnn(C)c2C)cc1. The van der Waals surface area contributed by atoms with Crippen molar-refractivity contribution in [1.29, 1.82) is 0 Å². The number of esters is 1. The zero-order valence-electron chi connectivity index (χ0n) is 13.3. The van der Waals surface area contributed by atoms with Crippen LogP contribution in [-0.2, 0) is 18.2 Å². The van der Waals surface area contributed by atoms with Crippen LogP contribution in [-0.4, -0.2) is 27.6 Å². The highest BCUT2D eigenvalue weighted by molar-refractivity contribution is 6.01. The van der Waals surface area contributed by atoms with E-state index in [2.05, 4.69) is 12.0 Å². The van der Waals surface area contributed by atoms with Crippen LogP contribution in [0, 0.1) is 6.92 Å². The molecule has 2 rings (SSSR count). The number of hydrogen-bond donors (Lipinski definition) is 0. The van der Waals surface area contributed by atoms with Gasteiger partial charge in [-0.1, -0.05) is 31.2 Å². The number of carbonyl (C=O) groups excluding carboxylic acids is 2. The molecule has 0 N–H and O–H groups in total. The Balaban J connectivity index is 2.07. The van der Waals surface area contributed by atoms with Crippen molar-refractivity contribution in [3.05, 3.63) is 52.8 Å². The van der Waals surface area contributed by atoms with Crippen LogP contribution in [0.5, 0.6) is 0 Å². The van der Waals surface area contributed by atoms with Crippen LogP contribution < -0.4 is 0 Å². The Labute approximate surface area is 129 Å². The Morgan fingerprint density at radius 1 is 1.27 bits per heavy atom. The van der Waals surface area contributed by atoms with E-state index >= 15 is 0 Å². The third kappa shape index (κ3) is 3.24. The van der Waals surface area contributed by atoms with Gasteiger partial charge in [-0.15, -0.1) is 0 Å². The van der Waals surface area contributed by atoms with Crippen molar-refractivity contribution in [3.8, 4) is 0 Å². The van der Waals surface area contributed by atoms with E-state index in [0.29, 0.717) is 16.8 Å². The predicted molar refractivity (Wildman–Crippen MR) is 83.0 cm³/mol. The highest BCUT2D eigenvalue weighted by Crippen LogP contribution is 2.13. The lowest BCUT2D eigenvalue weighted by atomic mass is 10.0. The Kier molecular flexibility index (Phi) is 4.75. The summed E-state index contributed by atoms with van der Waals surface area (Å²) in [6.45, 7) is 5.41. The maximum atomic E-state index is 12.3. The molecule has 5 nitrogen and oxygen atoms in total. The highest BCUT2D eigenvalue weighted by Gasteiger charge is 2.22. The molecule has 0 saturated carbocycles. The fourth-order valence-electron chi connectivity index (χ4n) is 2.12. The van der Waals surface area contributed by atoms with E-state index in [1.54, 1.807) is 37.7 Å². The van der Waals surface area contributed by atoms with Crippen molar-refractivity contribution in [2.45, 2.75) is 33.3 Å². The number of hydrogen-bond acceptors (Lipinski definition) is 4. The standard InChI is InChI=1S/C17H20N2O3/c1-5-13-6-8-14(9-7-13)16(20)12(3)22-17(21)15-10-18-19(4)11(15)2/h6-10,12H,5H2,1-4H3. The molecule has 2 aromatic rings. The second-order valence-corrected chi connectivity index (χ2v) is 5.23. The largest absolute Gasteiger partial charge is 0.451 e. The summed E-state index contributed by atoms with van der Waals surface area (Å²) in [6.07, 6.45) is 1.53. The number of nitrogens with zero attached hydrogens (tertiary/aromatic N) is 2. The molecule has 0 aliphatic carbocycles. The highest BCUT2D eigenvalue weighted by atomic mass is 16.5. The van der Waals surface area contributed by atoms with Crippen molar-refractivity contribution >= 4 is 11.8 Å². The van der Waals surface area contributed by atoms with Crippen LogP contribution in [0.4, 0.5) is 0 Å². The number of benzene rings is 1. The summed E-state index contributed by atoms with van der Waals surface area (Å²) in [5.41, 5.74) is 2.79. The third-order valence-corrected chi connectivity index (χ3v) is 3.75. The van der Waals surface area contributed by atoms with Gasteiger partial charge in [-0.05, 0) is 25.8 Å². The van der Waals surface area contributed by atoms with Crippen molar-refractivity contribution in [2.75, 3.05) is 0 Å². The van der Waals surface area contributed by atoms with Crippen molar-refractivity contribution < 1.29 is 14.3 Å². The maximum Gasteiger partial charge on any atom is 0.342 e. The molecule has 0 fully saturated rings. The Morgan fingerprint density at radius 2 is 1.91 bits per heavy atom. The van der Waals surface area contributed by atoms with Crippen LogP contribution in [0.15, 0.2) is 30.5 Å². The van der Waals surface area contributed by atoms with E-state index in [0.717, 1.165) is 12.0 Å². The van der Waals surface area contributed by atoms with Gasteiger partial charge in [0.15, 0.2) is 6.10 Å². The van der Waals surface area contributed by atoms with Gasteiger partial charge in [-0.2, -0.15) is 5.10 Å². The van der Waals surface area contributed by atoms with Crippen molar-refractivity contribution in [2.24, 2.45) is 7.05 Å². The summed E-state index contributed by atoms with van der Waals surface area (Å²) >= 11 is 0. The lowest BCUT2D eigenvalue weighted by Gasteiger charge is -2.12. The second kappa shape index (κ2) is 6.56. The molecule has 1 heterocycles. The van der Waals surface area contributed by atoms with Gasteiger partial charge in [0.2, 0.25) is 5.78 Å². The van der Waals surface area contributed by atoms with E-state index in [1.165, 1.54) is 6.20 Å². The Hall–Kier alpha value is -2.43. The minimum Gasteiger partial charge on any atom is -0.451 e. The predicted octanol–water partition coefficient (Wildman–Crippen LogP) is 2.72. The lowest BCUT2D eigenvalue weighted by molar-refractivity contribution is 0.0318. The molecule has 0 spiro atoms. The van der Waals surface area contributed by atoms with Crippen molar-refractivity contribution in [3.63, 3.8) is 0 Å². The average Bonchev–Trinajstić information content (AvgIpc) is 2.86. The van der Waals surface area contributed by atoms with Gasteiger partial charge in [0.25, 0.3) is 0 Å². The fraction of sp³-hybridized carbons (Fsp3) is 0.353. The first-order valence-corrected chi connectivity index (χ1v) is 7.26. The number of aromatic nitrogens is 2. The number of Topliss-reactive ketones (excluding diaryl/α,β-unsaturated/α-hetero) is 1. The minimum atomic E-state index is -0.834. The van der Waals surface area contributed by atoms with Crippen LogP contribution in [0.1, 0.15) is 45.8 Å². The molecule has 22 heavy (non-hydrogen) atoms. The zero-order chi connectivity index (χ0) is 16.3. The number of aryl methyl sites for hydroxylation is 2. The van der Waals surface area contributed by atoms with Gasteiger partial charge in [0.1, 0.15) is 5.56 Å². The Morgan fingerprint density at radius 3 is 2.41 bits per heavy atom. The van der Waals surface area contributed by atoms with Crippen LogP contribution in [0.25, 0.3) is 0 Å². The first-order chi connectivity index (χ1) is 10.4.